The minimum Gasteiger partial charge on any atom is -0.0623 e. The van der Waals surface area contributed by atoms with E-state index in [9.17, 15) is 0 Å². The molecule has 0 saturated heterocycles. The molecule has 0 N–H and O–H groups in total. The van der Waals surface area contributed by atoms with Crippen molar-refractivity contribution in [2.24, 2.45) is 0 Å². The van der Waals surface area contributed by atoms with Crippen molar-refractivity contribution < 1.29 is 0 Å². The average molecular weight is 381 g/mol. The Morgan fingerprint density at radius 1 is 0.481 bits per heavy atom. The van der Waals surface area contributed by atoms with Crippen LogP contribution in [-0.4, -0.2) is 8.07 Å². The second kappa shape index (κ2) is 8.35. The molecule has 0 aliphatic heterocycles. The topological polar surface area (TPSA) is 0 Å². The number of hydrogen-bond acceptors (Lipinski definition) is 0. The van der Waals surface area contributed by atoms with Crippen LogP contribution in [-0.2, 0) is 0 Å². The van der Waals surface area contributed by atoms with E-state index >= 15 is 0 Å². The van der Waals surface area contributed by atoms with Gasteiger partial charge in [0.05, 0.1) is 0 Å². The van der Waals surface area contributed by atoms with Crippen LogP contribution in [0.3, 0.4) is 0 Å². The van der Waals surface area contributed by atoms with E-state index < -0.39 is 8.07 Å². The highest BCUT2D eigenvalue weighted by atomic mass is 28.3. The summed E-state index contributed by atoms with van der Waals surface area (Å²) in [7, 11) is -1.73. The zero-order valence-electron chi connectivity index (χ0n) is 19.3. The normalized spacial score (nSPS) is 12.7. The molecule has 0 unspecified atom stereocenters. The summed E-state index contributed by atoms with van der Waals surface area (Å²) in [5.41, 5.74) is 6.09. The molecular formula is C26H40Si. The summed E-state index contributed by atoms with van der Waals surface area (Å²) in [5.74, 6) is 2.31. The van der Waals surface area contributed by atoms with Crippen molar-refractivity contribution in [3.63, 3.8) is 0 Å². The fraction of sp³-hybridized carbons (Fsp3) is 0.538. The Bertz CT molecular complexity index is 713. The van der Waals surface area contributed by atoms with Crippen LogP contribution in [0.5, 0.6) is 0 Å². The Morgan fingerprint density at radius 3 is 1.04 bits per heavy atom. The highest BCUT2D eigenvalue weighted by Crippen LogP contribution is 2.28. The fourth-order valence-corrected chi connectivity index (χ4v) is 6.51. The second-order valence-electron chi connectivity index (χ2n) is 9.93. The molecule has 1 heteroatoms. The molecule has 0 saturated carbocycles. The summed E-state index contributed by atoms with van der Waals surface area (Å²) in [6, 6.07) is 14.7. The van der Waals surface area contributed by atoms with Gasteiger partial charge in [0.25, 0.3) is 0 Å². The minimum absolute atomic E-state index is 0.571. The lowest BCUT2D eigenvalue weighted by atomic mass is 9.91. The molecule has 0 nitrogen and oxygen atoms in total. The predicted molar refractivity (Wildman–Crippen MR) is 126 cm³/mol. The van der Waals surface area contributed by atoms with Gasteiger partial charge in [0, 0.05) is 0 Å². The van der Waals surface area contributed by atoms with Crippen LogP contribution < -0.4 is 10.4 Å². The van der Waals surface area contributed by atoms with Crippen LogP contribution >= 0.6 is 0 Å². The van der Waals surface area contributed by atoms with Gasteiger partial charge in [-0.1, -0.05) is 115 Å². The van der Waals surface area contributed by atoms with Gasteiger partial charge in [0.1, 0.15) is 8.07 Å². The average Bonchev–Trinajstić information content (AvgIpc) is 2.60. The van der Waals surface area contributed by atoms with E-state index in [1.165, 1.54) is 22.3 Å². The first-order valence-electron chi connectivity index (χ1n) is 10.7. The van der Waals surface area contributed by atoms with E-state index in [1.54, 1.807) is 10.4 Å². The van der Waals surface area contributed by atoms with E-state index in [4.69, 9.17) is 0 Å². The monoisotopic (exact) mass is 380 g/mol. The molecule has 0 heterocycles. The Hall–Kier alpha value is -1.34. The first-order chi connectivity index (χ1) is 12.5. The number of benzene rings is 2. The highest BCUT2D eigenvalue weighted by Gasteiger charge is 2.28. The van der Waals surface area contributed by atoms with Crippen molar-refractivity contribution in [2.75, 3.05) is 0 Å². The van der Waals surface area contributed by atoms with Crippen molar-refractivity contribution in [3.8, 4) is 0 Å². The molecular weight excluding hydrogens is 340 g/mol. The molecule has 148 valence electrons. The largest absolute Gasteiger partial charge is 0.112 e. The summed E-state index contributed by atoms with van der Waals surface area (Å²) < 4.78 is 0. The van der Waals surface area contributed by atoms with Gasteiger partial charge in [-0.05, 0) is 45.9 Å². The van der Waals surface area contributed by atoms with Crippen LogP contribution in [0.1, 0.15) is 101 Å². The van der Waals surface area contributed by atoms with Gasteiger partial charge < -0.3 is 0 Å². The van der Waals surface area contributed by atoms with E-state index in [-0.39, 0.29) is 0 Å². The number of hydrogen-bond donors (Lipinski definition) is 0. The van der Waals surface area contributed by atoms with Gasteiger partial charge in [-0.25, -0.2) is 0 Å². The lowest BCUT2D eigenvalue weighted by Crippen LogP contribution is -2.53. The van der Waals surface area contributed by atoms with E-state index in [1.807, 2.05) is 0 Å². The van der Waals surface area contributed by atoms with Crippen LogP contribution in [0, 0.1) is 0 Å². The van der Waals surface area contributed by atoms with Gasteiger partial charge in [0.15, 0.2) is 0 Å². The van der Waals surface area contributed by atoms with Crippen molar-refractivity contribution >= 4 is 18.4 Å². The first kappa shape index (κ1) is 22.0. The van der Waals surface area contributed by atoms with Gasteiger partial charge in [-0.15, -0.1) is 0 Å². The van der Waals surface area contributed by atoms with E-state index in [0.29, 0.717) is 23.7 Å². The van der Waals surface area contributed by atoms with Gasteiger partial charge in [0.2, 0.25) is 0 Å². The summed E-state index contributed by atoms with van der Waals surface area (Å²) in [5, 5.41) is 3.12. The molecule has 0 spiro atoms. The third kappa shape index (κ3) is 4.56. The molecule has 0 aliphatic rings. The SMILES string of the molecule is CC(C)c1ccc([Si](C)(C)c2ccc(C(C)C)c(C(C)C)c2)cc1C(C)C. The third-order valence-corrected chi connectivity index (χ3v) is 9.61. The maximum atomic E-state index is 2.53. The highest BCUT2D eigenvalue weighted by molar-refractivity contribution is 7.00. The third-order valence-electron chi connectivity index (χ3n) is 6.10. The molecule has 0 aliphatic carbocycles. The van der Waals surface area contributed by atoms with Gasteiger partial charge in [-0.3, -0.25) is 0 Å². The molecule has 0 radical (unpaired) electrons. The summed E-state index contributed by atoms with van der Waals surface area (Å²) in [6.45, 7) is 23.6. The molecule has 0 atom stereocenters. The van der Waals surface area contributed by atoms with Crippen LogP contribution in [0.4, 0.5) is 0 Å². The van der Waals surface area contributed by atoms with Crippen LogP contribution in [0.2, 0.25) is 13.1 Å². The quantitative estimate of drug-likeness (QED) is 0.473. The maximum Gasteiger partial charge on any atom is 0.112 e. The zero-order chi connectivity index (χ0) is 20.5. The summed E-state index contributed by atoms with van der Waals surface area (Å²) >= 11 is 0. The molecule has 0 bridgehead atoms. The second-order valence-corrected chi connectivity index (χ2v) is 14.3. The standard InChI is InChI=1S/C26H40Si/c1-17(2)23-13-11-21(15-25(23)19(5)6)27(9,10)22-12-14-24(18(3)4)26(16-22)20(7)8/h11-20H,1-10H3. The van der Waals surface area contributed by atoms with Crippen LogP contribution in [0.25, 0.3) is 0 Å². The molecule has 2 aromatic carbocycles. The molecule has 2 rings (SSSR count). The molecule has 0 aromatic heterocycles. The fourth-order valence-electron chi connectivity index (χ4n) is 4.15. The van der Waals surface area contributed by atoms with E-state index in [2.05, 4.69) is 105 Å². The van der Waals surface area contributed by atoms with Crippen molar-refractivity contribution in [1.82, 2.24) is 0 Å². The van der Waals surface area contributed by atoms with Gasteiger partial charge in [-0.2, -0.15) is 0 Å². The lowest BCUT2D eigenvalue weighted by molar-refractivity contribution is 0.791. The Morgan fingerprint density at radius 2 is 0.778 bits per heavy atom. The van der Waals surface area contributed by atoms with Crippen molar-refractivity contribution in [1.29, 1.82) is 0 Å². The number of rotatable bonds is 6. The first-order valence-corrected chi connectivity index (χ1v) is 13.7. The Balaban J connectivity index is 2.58. The summed E-state index contributed by atoms with van der Waals surface area (Å²) in [6.07, 6.45) is 0. The predicted octanol–water partition coefficient (Wildman–Crippen LogP) is 7.00. The van der Waals surface area contributed by atoms with E-state index in [0.717, 1.165) is 0 Å². The Kier molecular flexibility index (Phi) is 6.79. The van der Waals surface area contributed by atoms with Crippen LogP contribution in [0.15, 0.2) is 36.4 Å². The molecule has 2 aromatic rings. The molecule has 0 amide bonds. The smallest absolute Gasteiger partial charge is 0.0623 e. The molecule has 0 fully saturated rings. The zero-order valence-corrected chi connectivity index (χ0v) is 20.3. The minimum atomic E-state index is -1.73. The van der Waals surface area contributed by atoms with Crippen molar-refractivity contribution in [2.45, 2.75) is 92.2 Å². The molecule has 27 heavy (non-hydrogen) atoms. The lowest BCUT2D eigenvalue weighted by Gasteiger charge is -2.28. The Labute approximate surface area is 169 Å². The summed E-state index contributed by atoms with van der Waals surface area (Å²) in [4.78, 5) is 0. The van der Waals surface area contributed by atoms with Crippen molar-refractivity contribution in [3.05, 3.63) is 58.7 Å². The van der Waals surface area contributed by atoms with Gasteiger partial charge >= 0.3 is 0 Å². The maximum absolute atomic E-state index is 2.53.